The lowest BCUT2D eigenvalue weighted by Gasteiger charge is -2.15. The molecular formula is C21H25N3O4. The summed E-state index contributed by atoms with van der Waals surface area (Å²) < 4.78 is 12.3. The van der Waals surface area contributed by atoms with E-state index in [0.29, 0.717) is 28.5 Å². The molecule has 0 aliphatic heterocycles. The Morgan fingerprint density at radius 2 is 1.96 bits per heavy atom. The number of rotatable bonds is 7. The summed E-state index contributed by atoms with van der Waals surface area (Å²) in [7, 11) is 0. The molecule has 2 heterocycles. The zero-order valence-corrected chi connectivity index (χ0v) is 16.6. The molecule has 148 valence electrons. The minimum atomic E-state index is -0.292. The largest absolute Gasteiger partial charge is 0.487 e. The number of amides is 1. The quantitative estimate of drug-likeness (QED) is 0.670. The van der Waals surface area contributed by atoms with Crippen LogP contribution in [-0.2, 0) is 11.4 Å². The number of carbonyl (C=O) groups is 1. The molecule has 1 N–H and O–H groups in total. The van der Waals surface area contributed by atoms with Gasteiger partial charge in [0.15, 0.2) is 5.65 Å². The second kappa shape index (κ2) is 8.29. The maximum Gasteiger partial charge on any atom is 0.287 e. The second-order valence-corrected chi connectivity index (χ2v) is 6.86. The molecule has 0 aliphatic carbocycles. The van der Waals surface area contributed by atoms with Gasteiger partial charge >= 0.3 is 0 Å². The van der Waals surface area contributed by atoms with Gasteiger partial charge < -0.3 is 14.6 Å². The van der Waals surface area contributed by atoms with Gasteiger partial charge in [0.25, 0.3) is 5.56 Å². The fourth-order valence-electron chi connectivity index (χ4n) is 3.04. The monoisotopic (exact) mass is 383 g/mol. The van der Waals surface area contributed by atoms with Gasteiger partial charge in [0.1, 0.15) is 18.1 Å². The van der Waals surface area contributed by atoms with E-state index in [9.17, 15) is 9.59 Å². The molecule has 0 aliphatic rings. The summed E-state index contributed by atoms with van der Waals surface area (Å²) in [5, 5.41) is 2.95. The third-order valence-corrected chi connectivity index (χ3v) is 4.71. The summed E-state index contributed by atoms with van der Waals surface area (Å²) in [5.41, 5.74) is 2.28. The van der Waals surface area contributed by atoms with Gasteiger partial charge in [-0.3, -0.25) is 9.59 Å². The molecule has 28 heavy (non-hydrogen) atoms. The average molecular weight is 383 g/mol. The van der Waals surface area contributed by atoms with Crippen molar-refractivity contribution in [1.82, 2.24) is 9.56 Å². The van der Waals surface area contributed by atoms with Crippen LogP contribution in [0.25, 0.3) is 5.65 Å². The Kier molecular flexibility index (Phi) is 5.82. The molecule has 0 spiro atoms. The van der Waals surface area contributed by atoms with Gasteiger partial charge in [-0.15, -0.1) is 4.57 Å². The van der Waals surface area contributed by atoms with Crippen molar-refractivity contribution in [1.29, 1.82) is 0 Å². The van der Waals surface area contributed by atoms with E-state index >= 15 is 0 Å². The number of benzene rings is 1. The molecule has 0 bridgehead atoms. The van der Waals surface area contributed by atoms with Gasteiger partial charge in [0.2, 0.25) is 5.91 Å². The van der Waals surface area contributed by atoms with Gasteiger partial charge in [-0.25, -0.2) is 4.98 Å². The Bertz CT molecular complexity index is 1050. The standard InChI is InChI=1S/C21H25N3O4/c1-5-15(6-2)21(26)23-16-8-7-13(3)18(10-16)27-12-17-11-20(25)24-19(22-17)9-14(4)28-24/h7-11,15H,5-6,12H2,1-4H3,(H,23,26). The highest BCUT2D eigenvalue weighted by atomic mass is 16.5. The number of aromatic nitrogens is 2. The molecule has 2 aromatic heterocycles. The number of fused-ring (bicyclic) bond motifs is 1. The third-order valence-electron chi connectivity index (χ3n) is 4.71. The SMILES string of the molecule is CCC(CC)C(=O)Nc1ccc(C)c(OCc2cc(=O)n3oc(C)cc3n2)c1. The van der Waals surface area contributed by atoms with Crippen LogP contribution in [0.5, 0.6) is 5.75 Å². The summed E-state index contributed by atoms with van der Waals surface area (Å²) >= 11 is 0. The van der Waals surface area contributed by atoms with E-state index in [1.807, 2.05) is 32.9 Å². The molecule has 7 nitrogen and oxygen atoms in total. The minimum Gasteiger partial charge on any atom is -0.487 e. The number of hydrogen-bond acceptors (Lipinski definition) is 5. The lowest BCUT2D eigenvalue weighted by molar-refractivity contribution is -0.120. The molecule has 1 amide bonds. The van der Waals surface area contributed by atoms with Crippen molar-refractivity contribution in [3.8, 4) is 5.75 Å². The number of ether oxygens (including phenoxy) is 1. The molecule has 0 saturated heterocycles. The molecule has 7 heteroatoms. The van der Waals surface area contributed by atoms with Crippen LogP contribution in [0.3, 0.4) is 0 Å². The summed E-state index contributed by atoms with van der Waals surface area (Å²) in [6, 6.07) is 8.63. The van der Waals surface area contributed by atoms with Gasteiger partial charge in [0.05, 0.1) is 5.69 Å². The molecule has 3 rings (SSSR count). The first-order valence-corrected chi connectivity index (χ1v) is 9.45. The smallest absolute Gasteiger partial charge is 0.287 e. The first-order chi connectivity index (χ1) is 13.4. The van der Waals surface area contributed by atoms with Crippen molar-refractivity contribution in [2.75, 3.05) is 5.32 Å². The number of aryl methyl sites for hydroxylation is 2. The summed E-state index contributed by atoms with van der Waals surface area (Å²) in [4.78, 5) is 28.8. The highest BCUT2D eigenvalue weighted by molar-refractivity contribution is 5.92. The van der Waals surface area contributed by atoms with Crippen molar-refractivity contribution in [3.63, 3.8) is 0 Å². The Morgan fingerprint density at radius 1 is 1.21 bits per heavy atom. The first kappa shape index (κ1) is 19.7. The van der Waals surface area contributed by atoms with Gasteiger partial charge in [-0.2, -0.15) is 0 Å². The van der Waals surface area contributed by atoms with Gasteiger partial charge in [0, 0.05) is 29.8 Å². The van der Waals surface area contributed by atoms with Crippen LogP contribution in [0.4, 0.5) is 5.69 Å². The molecule has 0 atom stereocenters. The molecular weight excluding hydrogens is 358 g/mol. The Hall–Kier alpha value is -3.09. The summed E-state index contributed by atoms with van der Waals surface area (Å²) in [6.45, 7) is 7.83. The van der Waals surface area contributed by atoms with E-state index in [2.05, 4.69) is 10.3 Å². The van der Waals surface area contributed by atoms with E-state index in [-0.39, 0.29) is 24.0 Å². The first-order valence-electron chi connectivity index (χ1n) is 9.45. The number of anilines is 1. The maximum absolute atomic E-state index is 12.3. The van der Waals surface area contributed by atoms with Crippen molar-refractivity contribution in [2.24, 2.45) is 5.92 Å². The zero-order valence-electron chi connectivity index (χ0n) is 16.6. The van der Waals surface area contributed by atoms with Crippen LogP contribution < -0.4 is 15.6 Å². The van der Waals surface area contributed by atoms with Crippen molar-refractivity contribution in [3.05, 3.63) is 57.7 Å². The summed E-state index contributed by atoms with van der Waals surface area (Å²) in [5.74, 6) is 1.25. The third kappa shape index (κ3) is 4.24. The predicted octanol–water partition coefficient (Wildman–Crippen LogP) is 3.86. The molecule has 1 aromatic carbocycles. The maximum atomic E-state index is 12.3. The number of nitrogens with one attached hydrogen (secondary N) is 1. The second-order valence-electron chi connectivity index (χ2n) is 6.86. The fraction of sp³-hybridized carbons (Fsp3) is 0.381. The highest BCUT2D eigenvalue weighted by Gasteiger charge is 2.15. The van der Waals surface area contributed by atoms with Crippen LogP contribution >= 0.6 is 0 Å². The lowest BCUT2D eigenvalue weighted by Crippen LogP contribution is -2.21. The Balaban J connectivity index is 1.75. The number of carbonyl (C=O) groups excluding carboxylic acids is 1. The zero-order chi connectivity index (χ0) is 20.3. The summed E-state index contributed by atoms with van der Waals surface area (Å²) in [6.07, 6.45) is 1.60. The van der Waals surface area contributed by atoms with Crippen molar-refractivity contribution < 1.29 is 14.1 Å². The predicted molar refractivity (Wildman–Crippen MR) is 107 cm³/mol. The van der Waals surface area contributed by atoms with Crippen LogP contribution in [0, 0.1) is 19.8 Å². The van der Waals surface area contributed by atoms with E-state index in [1.54, 1.807) is 19.1 Å². The molecule has 0 fully saturated rings. The van der Waals surface area contributed by atoms with Gasteiger partial charge in [-0.1, -0.05) is 19.9 Å². The minimum absolute atomic E-state index is 0.00649. The van der Waals surface area contributed by atoms with Crippen LogP contribution in [0.2, 0.25) is 0 Å². The van der Waals surface area contributed by atoms with Crippen molar-refractivity contribution in [2.45, 2.75) is 47.1 Å². The molecule has 0 radical (unpaired) electrons. The molecule has 0 unspecified atom stereocenters. The Morgan fingerprint density at radius 3 is 2.68 bits per heavy atom. The van der Waals surface area contributed by atoms with E-state index in [0.717, 1.165) is 23.0 Å². The fourth-order valence-corrected chi connectivity index (χ4v) is 3.04. The average Bonchev–Trinajstić information content (AvgIpc) is 3.04. The topological polar surface area (TPSA) is 85.8 Å². The van der Waals surface area contributed by atoms with E-state index < -0.39 is 0 Å². The normalized spacial score (nSPS) is 11.2. The van der Waals surface area contributed by atoms with E-state index in [1.165, 1.54) is 6.07 Å². The van der Waals surface area contributed by atoms with Crippen LogP contribution in [0.1, 0.15) is 43.7 Å². The molecule has 0 saturated carbocycles. The highest BCUT2D eigenvalue weighted by Crippen LogP contribution is 2.24. The van der Waals surface area contributed by atoms with Crippen LogP contribution in [-0.4, -0.2) is 15.5 Å². The lowest BCUT2D eigenvalue weighted by atomic mass is 10.0. The molecule has 3 aromatic rings. The van der Waals surface area contributed by atoms with Crippen LogP contribution in [0.15, 0.2) is 39.6 Å². The number of nitrogens with zero attached hydrogens (tertiary/aromatic N) is 2. The Labute approximate surface area is 163 Å². The van der Waals surface area contributed by atoms with Crippen molar-refractivity contribution >= 4 is 17.2 Å². The number of hydrogen-bond donors (Lipinski definition) is 1. The van der Waals surface area contributed by atoms with E-state index in [4.69, 9.17) is 9.26 Å². The van der Waals surface area contributed by atoms with Gasteiger partial charge in [-0.05, 0) is 38.3 Å².